The molecule has 1 aromatic heterocycles. The molecule has 2 N–H and O–H groups in total. The van der Waals surface area contributed by atoms with E-state index in [2.05, 4.69) is 5.16 Å². The number of benzene rings is 1. The summed E-state index contributed by atoms with van der Waals surface area (Å²) in [6, 6.07) is 5.40. The maximum atomic E-state index is 12.4. The second-order valence-corrected chi connectivity index (χ2v) is 3.56. The summed E-state index contributed by atoms with van der Waals surface area (Å²) >= 11 is 5.86. The molecule has 2 rings (SSSR count). The maximum absolute atomic E-state index is 12.4. The number of nitrogens with zero attached hydrogens (tertiary/aromatic N) is 1. The topological polar surface area (TPSA) is 52.0 Å². The Labute approximate surface area is 94.8 Å². The molecule has 2 aromatic rings. The normalized spacial score (nSPS) is 11.0. The number of alkyl halides is 2. The van der Waals surface area contributed by atoms with Crippen molar-refractivity contribution in [1.82, 2.24) is 5.16 Å². The van der Waals surface area contributed by atoms with Gasteiger partial charge in [0.2, 0.25) is 0 Å². The molecule has 84 valence electrons. The first-order chi connectivity index (χ1) is 7.58. The van der Waals surface area contributed by atoms with Gasteiger partial charge in [0, 0.05) is 17.2 Å². The molecule has 16 heavy (non-hydrogen) atoms. The number of hydrogen-bond donors (Lipinski definition) is 1. The summed E-state index contributed by atoms with van der Waals surface area (Å²) in [7, 11) is 0. The lowest BCUT2D eigenvalue weighted by atomic mass is 10.1. The summed E-state index contributed by atoms with van der Waals surface area (Å²) in [5.41, 5.74) is 5.72. The molecule has 1 heterocycles. The molecule has 0 saturated carbocycles. The van der Waals surface area contributed by atoms with E-state index in [1.54, 1.807) is 0 Å². The highest BCUT2D eigenvalue weighted by Crippen LogP contribution is 2.32. The Morgan fingerprint density at radius 2 is 2.06 bits per heavy atom. The van der Waals surface area contributed by atoms with Crippen molar-refractivity contribution < 1.29 is 13.3 Å². The van der Waals surface area contributed by atoms with E-state index in [1.807, 2.05) is 0 Å². The third-order valence-corrected chi connectivity index (χ3v) is 2.35. The minimum absolute atomic E-state index is 0.138. The fourth-order valence-electron chi connectivity index (χ4n) is 1.28. The molecule has 0 radical (unpaired) electrons. The van der Waals surface area contributed by atoms with Crippen molar-refractivity contribution >= 4 is 17.4 Å². The number of nitrogens with two attached hydrogens (primary N) is 1. The van der Waals surface area contributed by atoms with Gasteiger partial charge in [-0.1, -0.05) is 22.8 Å². The van der Waals surface area contributed by atoms with Gasteiger partial charge in [-0.25, -0.2) is 8.78 Å². The van der Waals surface area contributed by atoms with Crippen LogP contribution in [0.1, 0.15) is 12.0 Å². The smallest absolute Gasteiger partial charge is 0.263 e. The number of anilines is 1. The van der Waals surface area contributed by atoms with Crippen LogP contribution in [0.2, 0.25) is 5.02 Å². The van der Waals surface area contributed by atoms with Gasteiger partial charge in [-0.15, -0.1) is 0 Å². The van der Waals surface area contributed by atoms with E-state index in [0.29, 0.717) is 11.3 Å². The third kappa shape index (κ3) is 1.99. The zero-order valence-corrected chi connectivity index (χ0v) is 8.71. The molecule has 0 fully saturated rings. The number of halogens is 3. The Hall–Kier alpha value is -1.62. The SMILES string of the molecule is Nc1cc(-c2ccc(C(F)F)cc2Cl)on1. The van der Waals surface area contributed by atoms with Crippen molar-refractivity contribution in [2.75, 3.05) is 5.73 Å². The summed E-state index contributed by atoms with van der Waals surface area (Å²) in [4.78, 5) is 0. The van der Waals surface area contributed by atoms with Crippen molar-refractivity contribution in [3.05, 3.63) is 34.9 Å². The lowest BCUT2D eigenvalue weighted by molar-refractivity contribution is 0.151. The minimum atomic E-state index is -2.55. The molecular weight excluding hydrogens is 238 g/mol. The van der Waals surface area contributed by atoms with Crippen LogP contribution in [0, 0.1) is 0 Å². The van der Waals surface area contributed by atoms with E-state index in [1.165, 1.54) is 24.3 Å². The molecule has 0 unspecified atom stereocenters. The molecule has 0 aliphatic rings. The molecule has 0 amide bonds. The lowest BCUT2D eigenvalue weighted by Gasteiger charge is -2.03. The summed E-state index contributed by atoms with van der Waals surface area (Å²) in [5, 5.41) is 3.66. The number of hydrogen-bond acceptors (Lipinski definition) is 3. The van der Waals surface area contributed by atoms with Gasteiger partial charge in [-0.05, 0) is 12.1 Å². The Kier molecular flexibility index (Phi) is 2.78. The van der Waals surface area contributed by atoms with Crippen LogP contribution in [0.3, 0.4) is 0 Å². The van der Waals surface area contributed by atoms with Gasteiger partial charge in [0.15, 0.2) is 11.6 Å². The van der Waals surface area contributed by atoms with E-state index in [4.69, 9.17) is 21.9 Å². The highest BCUT2D eigenvalue weighted by atomic mass is 35.5. The van der Waals surface area contributed by atoms with Gasteiger partial charge in [0.25, 0.3) is 6.43 Å². The number of rotatable bonds is 2. The van der Waals surface area contributed by atoms with Crippen molar-refractivity contribution in [1.29, 1.82) is 0 Å². The Morgan fingerprint density at radius 3 is 2.56 bits per heavy atom. The molecule has 1 aromatic carbocycles. The first-order valence-corrected chi connectivity index (χ1v) is 4.76. The molecule has 0 saturated heterocycles. The Balaban J connectivity index is 2.44. The van der Waals surface area contributed by atoms with Gasteiger partial charge in [0.05, 0.1) is 5.02 Å². The molecule has 0 aliphatic carbocycles. The van der Waals surface area contributed by atoms with Gasteiger partial charge < -0.3 is 10.3 Å². The van der Waals surface area contributed by atoms with Crippen molar-refractivity contribution in [3.63, 3.8) is 0 Å². The van der Waals surface area contributed by atoms with E-state index in [-0.39, 0.29) is 16.4 Å². The van der Waals surface area contributed by atoms with Gasteiger partial charge >= 0.3 is 0 Å². The number of aromatic nitrogens is 1. The molecule has 0 spiro atoms. The molecule has 0 bridgehead atoms. The van der Waals surface area contributed by atoms with Crippen LogP contribution in [0.25, 0.3) is 11.3 Å². The van der Waals surface area contributed by atoms with Crippen LogP contribution in [0.15, 0.2) is 28.8 Å². The van der Waals surface area contributed by atoms with E-state index in [9.17, 15) is 8.78 Å². The van der Waals surface area contributed by atoms with Crippen LogP contribution in [-0.4, -0.2) is 5.16 Å². The van der Waals surface area contributed by atoms with E-state index >= 15 is 0 Å². The highest BCUT2D eigenvalue weighted by molar-refractivity contribution is 6.33. The summed E-state index contributed by atoms with van der Waals surface area (Å²) in [6.07, 6.45) is -2.55. The largest absolute Gasteiger partial charge is 0.381 e. The molecular formula is C10H7ClF2N2O. The van der Waals surface area contributed by atoms with E-state index < -0.39 is 6.43 Å². The lowest BCUT2D eigenvalue weighted by Crippen LogP contribution is -1.85. The predicted octanol–water partition coefficient (Wildman–Crippen LogP) is 3.51. The number of nitrogen functional groups attached to an aromatic ring is 1. The molecule has 6 heteroatoms. The summed E-state index contributed by atoms with van der Waals surface area (Å²) in [5.74, 6) is 0.562. The molecule has 0 atom stereocenters. The van der Waals surface area contributed by atoms with Crippen molar-refractivity contribution in [2.24, 2.45) is 0 Å². The van der Waals surface area contributed by atoms with Crippen molar-refractivity contribution in [2.45, 2.75) is 6.43 Å². The fourth-order valence-corrected chi connectivity index (χ4v) is 1.56. The van der Waals surface area contributed by atoms with Gasteiger partial charge in [-0.3, -0.25) is 0 Å². The van der Waals surface area contributed by atoms with Crippen LogP contribution >= 0.6 is 11.6 Å². The monoisotopic (exact) mass is 244 g/mol. The minimum Gasteiger partial charge on any atom is -0.381 e. The van der Waals surface area contributed by atoms with Crippen LogP contribution in [-0.2, 0) is 0 Å². The van der Waals surface area contributed by atoms with Crippen LogP contribution in [0.4, 0.5) is 14.6 Å². The van der Waals surface area contributed by atoms with Gasteiger partial charge in [0.1, 0.15) is 0 Å². The Morgan fingerprint density at radius 1 is 1.31 bits per heavy atom. The zero-order chi connectivity index (χ0) is 11.7. The maximum Gasteiger partial charge on any atom is 0.263 e. The Bertz CT molecular complexity index is 513. The van der Waals surface area contributed by atoms with Gasteiger partial charge in [-0.2, -0.15) is 0 Å². The predicted molar refractivity (Wildman–Crippen MR) is 56.3 cm³/mol. The highest BCUT2D eigenvalue weighted by Gasteiger charge is 2.13. The first kappa shape index (κ1) is 10.9. The fraction of sp³-hybridized carbons (Fsp3) is 0.100. The third-order valence-electron chi connectivity index (χ3n) is 2.04. The average molecular weight is 245 g/mol. The average Bonchev–Trinajstić information content (AvgIpc) is 2.64. The van der Waals surface area contributed by atoms with Crippen LogP contribution < -0.4 is 5.73 Å². The second-order valence-electron chi connectivity index (χ2n) is 3.16. The molecule has 0 aliphatic heterocycles. The molecule has 3 nitrogen and oxygen atoms in total. The quantitative estimate of drug-likeness (QED) is 0.879. The summed E-state index contributed by atoms with van der Waals surface area (Å²) < 4.78 is 29.6. The van der Waals surface area contributed by atoms with Crippen molar-refractivity contribution in [3.8, 4) is 11.3 Å². The zero-order valence-electron chi connectivity index (χ0n) is 7.95. The standard InChI is InChI=1S/C10H7ClF2N2O/c11-7-3-5(10(12)13)1-2-6(7)8-4-9(14)15-16-8/h1-4,10H,(H2,14,15). The summed E-state index contributed by atoms with van der Waals surface area (Å²) in [6.45, 7) is 0. The second kappa shape index (κ2) is 4.09. The first-order valence-electron chi connectivity index (χ1n) is 4.38. The van der Waals surface area contributed by atoms with E-state index in [0.717, 1.165) is 0 Å². The van der Waals surface area contributed by atoms with Crippen LogP contribution in [0.5, 0.6) is 0 Å².